The van der Waals surface area contributed by atoms with Gasteiger partial charge in [-0.25, -0.2) is 4.68 Å². The third-order valence-electron chi connectivity index (χ3n) is 4.25. The largest absolute Gasteiger partial charge is 0.390 e. The van der Waals surface area contributed by atoms with Gasteiger partial charge in [0.2, 0.25) is 0 Å². The molecule has 21 heavy (non-hydrogen) atoms. The quantitative estimate of drug-likeness (QED) is 0.872. The zero-order valence-electron chi connectivity index (χ0n) is 12.4. The average Bonchev–Trinajstić information content (AvgIpc) is 3.14. The van der Waals surface area contributed by atoms with Gasteiger partial charge < -0.3 is 15.0 Å². The lowest BCUT2D eigenvalue weighted by atomic mass is 9.90. The zero-order valence-corrected chi connectivity index (χ0v) is 12.4. The molecule has 0 aromatic carbocycles. The molecule has 2 heterocycles. The number of aliphatic hydroxyl groups excluding tert-OH is 1. The van der Waals surface area contributed by atoms with Crippen LogP contribution in [-0.2, 0) is 20.2 Å². The highest BCUT2D eigenvalue weighted by Gasteiger charge is 2.27. The molecule has 2 aromatic rings. The first-order chi connectivity index (χ1) is 10.3. The molecular weight excluding hydrogens is 266 g/mol. The van der Waals surface area contributed by atoms with E-state index in [0.717, 1.165) is 19.4 Å². The molecule has 1 saturated carbocycles. The molecule has 114 valence electrons. The number of nitrogens with zero attached hydrogens (tertiary/aromatic N) is 4. The standard InChI is InChI=1S/C15H23N5O/c1-19-7-6-12(9-19)8-16-14-4-2-3-5-15(14)20-10-13(11-21)17-18-20/h6-7,9-10,14-16,21H,2-5,8,11H2,1H3/t14-,15+/m0/s1. The van der Waals surface area contributed by atoms with Crippen LogP contribution in [0.5, 0.6) is 0 Å². The van der Waals surface area contributed by atoms with Crippen molar-refractivity contribution in [3.63, 3.8) is 0 Å². The maximum absolute atomic E-state index is 9.14. The minimum atomic E-state index is -0.0468. The Morgan fingerprint density at radius 1 is 1.33 bits per heavy atom. The van der Waals surface area contributed by atoms with Crippen molar-refractivity contribution in [3.8, 4) is 0 Å². The van der Waals surface area contributed by atoms with Gasteiger partial charge in [-0.1, -0.05) is 18.1 Å². The first kappa shape index (κ1) is 14.3. The average molecular weight is 289 g/mol. The summed E-state index contributed by atoms with van der Waals surface area (Å²) in [6.07, 6.45) is 10.8. The highest BCUT2D eigenvalue weighted by molar-refractivity contribution is 5.09. The van der Waals surface area contributed by atoms with Crippen molar-refractivity contribution in [2.75, 3.05) is 0 Å². The van der Waals surface area contributed by atoms with E-state index in [1.54, 1.807) is 0 Å². The van der Waals surface area contributed by atoms with Crippen molar-refractivity contribution in [3.05, 3.63) is 35.9 Å². The van der Waals surface area contributed by atoms with E-state index in [2.05, 4.69) is 38.7 Å². The number of rotatable bonds is 5. The van der Waals surface area contributed by atoms with Crippen LogP contribution in [0.1, 0.15) is 43.0 Å². The summed E-state index contributed by atoms with van der Waals surface area (Å²) in [4.78, 5) is 0. The van der Waals surface area contributed by atoms with Gasteiger partial charge >= 0.3 is 0 Å². The molecule has 0 aliphatic heterocycles. The molecular formula is C15H23N5O. The van der Waals surface area contributed by atoms with Gasteiger partial charge in [-0.05, 0) is 24.5 Å². The van der Waals surface area contributed by atoms with Crippen LogP contribution in [0.2, 0.25) is 0 Å². The Morgan fingerprint density at radius 2 is 2.19 bits per heavy atom. The maximum atomic E-state index is 9.14. The van der Waals surface area contributed by atoms with E-state index in [-0.39, 0.29) is 6.61 Å². The fourth-order valence-corrected chi connectivity index (χ4v) is 3.13. The van der Waals surface area contributed by atoms with Crippen molar-refractivity contribution < 1.29 is 5.11 Å². The number of hydrogen-bond acceptors (Lipinski definition) is 4. The van der Waals surface area contributed by atoms with E-state index < -0.39 is 0 Å². The lowest BCUT2D eigenvalue weighted by Gasteiger charge is -2.32. The summed E-state index contributed by atoms with van der Waals surface area (Å²) in [6, 6.07) is 2.88. The molecule has 1 fully saturated rings. The molecule has 2 aromatic heterocycles. The van der Waals surface area contributed by atoms with Crippen molar-refractivity contribution in [1.29, 1.82) is 0 Å². The molecule has 0 saturated heterocycles. The maximum Gasteiger partial charge on any atom is 0.108 e. The molecule has 3 rings (SSSR count). The summed E-state index contributed by atoms with van der Waals surface area (Å²) >= 11 is 0. The van der Waals surface area contributed by atoms with Gasteiger partial charge in [0.25, 0.3) is 0 Å². The Labute approximate surface area is 124 Å². The van der Waals surface area contributed by atoms with Crippen molar-refractivity contribution in [1.82, 2.24) is 24.9 Å². The SMILES string of the molecule is Cn1ccc(CN[C@H]2CCCC[C@H]2n2cc(CO)nn2)c1. The Morgan fingerprint density at radius 3 is 2.90 bits per heavy atom. The second-order valence-electron chi connectivity index (χ2n) is 5.87. The highest BCUT2D eigenvalue weighted by atomic mass is 16.3. The fourth-order valence-electron chi connectivity index (χ4n) is 3.13. The Balaban J connectivity index is 1.66. The molecule has 0 amide bonds. The van der Waals surface area contributed by atoms with Crippen molar-refractivity contribution in [2.24, 2.45) is 7.05 Å². The van der Waals surface area contributed by atoms with Gasteiger partial charge in [0.15, 0.2) is 0 Å². The molecule has 1 aliphatic rings. The Bertz CT molecular complexity index is 576. The number of hydrogen-bond donors (Lipinski definition) is 2. The van der Waals surface area contributed by atoms with Gasteiger partial charge in [-0.15, -0.1) is 5.10 Å². The fraction of sp³-hybridized carbons (Fsp3) is 0.600. The predicted molar refractivity (Wildman–Crippen MR) is 79.5 cm³/mol. The zero-order chi connectivity index (χ0) is 14.7. The molecule has 1 aliphatic carbocycles. The summed E-state index contributed by atoms with van der Waals surface area (Å²) in [6.45, 7) is 0.832. The number of aromatic nitrogens is 4. The van der Waals surface area contributed by atoms with Crippen LogP contribution in [0.3, 0.4) is 0 Å². The molecule has 0 unspecified atom stereocenters. The summed E-state index contributed by atoms with van der Waals surface area (Å²) in [5, 5.41) is 21.0. The summed E-state index contributed by atoms with van der Waals surface area (Å²) < 4.78 is 3.99. The molecule has 6 nitrogen and oxygen atoms in total. The van der Waals surface area contributed by atoms with Gasteiger partial charge in [-0.2, -0.15) is 0 Å². The topological polar surface area (TPSA) is 67.9 Å². The summed E-state index contributed by atoms with van der Waals surface area (Å²) in [7, 11) is 2.04. The van der Waals surface area contributed by atoms with Crippen LogP contribution in [-0.4, -0.2) is 30.7 Å². The molecule has 6 heteroatoms. The van der Waals surface area contributed by atoms with Crippen molar-refractivity contribution in [2.45, 2.75) is 50.9 Å². The summed E-state index contributed by atoms with van der Waals surface area (Å²) in [5.74, 6) is 0. The van der Waals surface area contributed by atoms with E-state index >= 15 is 0 Å². The van der Waals surface area contributed by atoms with E-state index in [1.165, 1.54) is 18.4 Å². The van der Waals surface area contributed by atoms with Gasteiger partial charge in [0.1, 0.15) is 5.69 Å². The normalized spacial score (nSPS) is 22.6. The molecule has 2 atom stereocenters. The Hall–Kier alpha value is -1.66. The minimum absolute atomic E-state index is 0.0468. The van der Waals surface area contributed by atoms with E-state index in [9.17, 15) is 0 Å². The summed E-state index contributed by atoms with van der Waals surface area (Å²) in [5.41, 5.74) is 1.94. The van der Waals surface area contributed by atoms with Crippen LogP contribution in [0, 0.1) is 0 Å². The Kier molecular flexibility index (Phi) is 4.36. The van der Waals surface area contributed by atoms with Crippen LogP contribution in [0.4, 0.5) is 0 Å². The number of aryl methyl sites for hydroxylation is 1. The highest BCUT2D eigenvalue weighted by Crippen LogP contribution is 2.28. The predicted octanol–water partition coefficient (Wildman–Crippen LogP) is 1.38. The molecule has 0 bridgehead atoms. The smallest absolute Gasteiger partial charge is 0.108 e. The van der Waals surface area contributed by atoms with Crippen LogP contribution >= 0.6 is 0 Å². The molecule has 0 radical (unpaired) electrons. The van der Waals surface area contributed by atoms with Crippen LogP contribution in [0.25, 0.3) is 0 Å². The van der Waals surface area contributed by atoms with Crippen molar-refractivity contribution >= 4 is 0 Å². The van der Waals surface area contributed by atoms with Crippen LogP contribution < -0.4 is 5.32 Å². The monoisotopic (exact) mass is 289 g/mol. The second kappa shape index (κ2) is 6.41. The van der Waals surface area contributed by atoms with Gasteiger partial charge in [0, 0.05) is 32.0 Å². The van der Waals surface area contributed by atoms with E-state index in [0.29, 0.717) is 17.8 Å². The van der Waals surface area contributed by atoms with E-state index in [4.69, 9.17) is 5.11 Å². The first-order valence-electron chi connectivity index (χ1n) is 7.62. The van der Waals surface area contributed by atoms with Crippen LogP contribution in [0.15, 0.2) is 24.7 Å². The lowest BCUT2D eigenvalue weighted by Crippen LogP contribution is -2.39. The third kappa shape index (κ3) is 3.33. The lowest BCUT2D eigenvalue weighted by molar-refractivity contribution is 0.242. The first-order valence-corrected chi connectivity index (χ1v) is 7.62. The second-order valence-corrected chi connectivity index (χ2v) is 5.87. The molecule has 2 N–H and O–H groups in total. The third-order valence-corrected chi connectivity index (χ3v) is 4.25. The number of aliphatic hydroxyl groups is 1. The van der Waals surface area contributed by atoms with E-state index in [1.807, 2.05) is 17.9 Å². The molecule has 0 spiro atoms. The van der Waals surface area contributed by atoms with Gasteiger partial charge in [0.05, 0.1) is 18.8 Å². The number of nitrogens with one attached hydrogen (secondary N) is 1. The van der Waals surface area contributed by atoms with Gasteiger partial charge in [-0.3, -0.25) is 0 Å². The minimum Gasteiger partial charge on any atom is -0.390 e.